The molecule has 2 rings (SSSR count). The summed E-state index contributed by atoms with van der Waals surface area (Å²) >= 11 is 0. The number of carbonyl (C=O) groups excluding carboxylic acids is 1. The zero-order valence-electron chi connectivity index (χ0n) is 14.2. The van der Waals surface area contributed by atoms with Crippen LogP contribution in [0.25, 0.3) is 0 Å². The summed E-state index contributed by atoms with van der Waals surface area (Å²) in [5, 5.41) is 10.2. The van der Waals surface area contributed by atoms with Crippen LogP contribution in [-0.4, -0.2) is 52.8 Å². The van der Waals surface area contributed by atoms with Gasteiger partial charge in [-0.3, -0.25) is 14.4 Å². The van der Waals surface area contributed by atoms with Crippen molar-refractivity contribution < 1.29 is 4.79 Å². The normalized spacial score (nSPS) is 24.2. The predicted octanol–water partition coefficient (Wildman–Crippen LogP) is 1.06. The molecule has 0 aliphatic carbocycles. The van der Waals surface area contributed by atoms with Gasteiger partial charge in [0.2, 0.25) is 5.91 Å². The van der Waals surface area contributed by atoms with Crippen molar-refractivity contribution in [3.05, 3.63) is 18.0 Å². The van der Waals surface area contributed by atoms with Crippen LogP contribution in [0.15, 0.2) is 12.4 Å². The van der Waals surface area contributed by atoms with Gasteiger partial charge < -0.3 is 10.6 Å². The van der Waals surface area contributed by atoms with Crippen molar-refractivity contribution in [2.45, 2.75) is 51.2 Å². The van der Waals surface area contributed by atoms with Gasteiger partial charge in [0.1, 0.15) is 6.04 Å². The molecule has 1 aliphatic rings. The van der Waals surface area contributed by atoms with Crippen LogP contribution in [0.2, 0.25) is 0 Å². The number of aromatic nitrogens is 2. The third-order valence-electron chi connectivity index (χ3n) is 4.65. The van der Waals surface area contributed by atoms with Gasteiger partial charge in [-0.05, 0) is 33.7 Å². The third kappa shape index (κ3) is 4.08. The lowest BCUT2D eigenvalue weighted by molar-refractivity contribution is -0.123. The number of hydrogen-bond donors (Lipinski definition) is 2. The highest BCUT2D eigenvalue weighted by molar-refractivity contribution is 5.82. The molecule has 3 unspecified atom stereocenters. The highest BCUT2D eigenvalue weighted by Gasteiger charge is 2.25. The lowest BCUT2D eigenvalue weighted by Crippen LogP contribution is -2.48. The van der Waals surface area contributed by atoms with E-state index in [9.17, 15) is 4.79 Å². The Balaban J connectivity index is 1.83. The first-order valence-corrected chi connectivity index (χ1v) is 8.22. The Morgan fingerprint density at radius 1 is 1.41 bits per heavy atom. The van der Waals surface area contributed by atoms with E-state index >= 15 is 0 Å². The minimum Gasteiger partial charge on any atom is -0.353 e. The zero-order chi connectivity index (χ0) is 16.1. The Morgan fingerprint density at radius 2 is 2.09 bits per heavy atom. The number of rotatable bonds is 6. The first-order valence-electron chi connectivity index (χ1n) is 8.22. The molecular formula is C16H29N5O. The van der Waals surface area contributed by atoms with Crippen LogP contribution < -0.4 is 10.6 Å². The number of hydrogen-bond acceptors (Lipinski definition) is 4. The number of nitrogens with one attached hydrogen (secondary N) is 2. The summed E-state index contributed by atoms with van der Waals surface area (Å²) in [5.41, 5.74) is 0.891. The Bertz CT molecular complexity index is 477. The molecule has 0 aromatic carbocycles. The van der Waals surface area contributed by atoms with Crippen molar-refractivity contribution in [2.24, 2.45) is 7.05 Å². The number of nitrogens with zero attached hydrogens (tertiary/aromatic N) is 3. The monoisotopic (exact) mass is 307 g/mol. The summed E-state index contributed by atoms with van der Waals surface area (Å²) in [5.74, 6) is 0.00724. The standard InChI is InChI=1S/C16H29N5O/c1-12-6-5-7-13(2)21(12)9-8-18-16(22)15(17-3)14-10-19-20(4)11-14/h10-13,15,17H,5-9H2,1-4H3,(H,18,22). The van der Waals surface area contributed by atoms with Gasteiger partial charge in [0.25, 0.3) is 0 Å². The van der Waals surface area contributed by atoms with Gasteiger partial charge in [0.05, 0.1) is 6.20 Å². The molecule has 0 spiro atoms. The van der Waals surface area contributed by atoms with Gasteiger partial charge >= 0.3 is 0 Å². The number of aryl methyl sites for hydroxylation is 1. The minimum atomic E-state index is -0.343. The van der Waals surface area contributed by atoms with Crippen LogP contribution in [0.3, 0.4) is 0 Å². The molecule has 22 heavy (non-hydrogen) atoms. The van der Waals surface area contributed by atoms with Crippen LogP contribution in [0.4, 0.5) is 0 Å². The molecule has 1 saturated heterocycles. The van der Waals surface area contributed by atoms with Gasteiger partial charge in [-0.15, -0.1) is 0 Å². The molecule has 0 radical (unpaired) electrons. The van der Waals surface area contributed by atoms with Crippen molar-refractivity contribution in [3.63, 3.8) is 0 Å². The molecule has 2 heterocycles. The van der Waals surface area contributed by atoms with Crippen molar-refractivity contribution in [1.82, 2.24) is 25.3 Å². The average Bonchev–Trinajstić information content (AvgIpc) is 2.89. The third-order valence-corrected chi connectivity index (χ3v) is 4.65. The second kappa shape index (κ2) is 7.74. The number of piperidine rings is 1. The molecule has 2 N–H and O–H groups in total. The first-order chi connectivity index (χ1) is 10.5. The maximum Gasteiger partial charge on any atom is 0.241 e. The van der Waals surface area contributed by atoms with Gasteiger partial charge in [-0.25, -0.2) is 0 Å². The summed E-state index contributed by atoms with van der Waals surface area (Å²) in [7, 11) is 3.65. The second-order valence-electron chi connectivity index (χ2n) is 6.33. The number of likely N-dealkylation sites (tertiary alicyclic amines) is 1. The molecule has 0 bridgehead atoms. The average molecular weight is 307 g/mol. The van der Waals surface area contributed by atoms with Crippen molar-refractivity contribution in [3.8, 4) is 0 Å². The van der Waals surface area contributed by atoms with E-state index in [0.29, 0.717) is 18.6 Å². The lowest BCUT2D eigenvalue weighted by atomic mass is 9.98. The van der Waals surface area contributed by atoms with E-state index < -0.39 is 0 Å². The lowest BCUT2D eigenvalue weighted by Gasteiger charge is -2.39. The molecule has 1 amide bonds. The molecule has 1 aromatic heterocycles. The molecule has 1 aromatic rings. The van der Waals surface area contributed by atoms with Gasteiger partial charge in [-0.2, -0.15) is 5.10 Å². The van der Waals surface area contributed by atoms with E-state index in [2.05, 4.69) is 34.5 Å². The molecule has 0 saturated carbocycles. The van der Waals surface area contributed by atoms with Crippen LogP contribution in [-0.2, 0) is 11.8 Å². The Morgan fingerprint density at radius 3 is 2.64 bits per heavy atom. The second-order valence-corrected chi connectivity index (χ2v) is 6.33. The topological polar surface area (TPSA) is 62.2 Å². The molecule has 6 heteroatoms. The van der Waals surface area contributed by atoms with Crippen molar-refractivity contribution in [2.75, 3.05) is 20.1 Å². The van der Waals surface area contributed by atoms with E-state index in [0.717, 1.165) is 12.1 Å². The van der Waals surface area contributed by atoms with E-state index in [1.54, 1.807) is 17.9 Å². The van der Waals surface area contributed by atoms with Crippen LogP contribution in [0, 0.1) is 0 Å². The van der Waals surface area contributed by atoms with Crippen molar-refractivity contribution >= 4 is 5.91 Å². The SMILES string of the molecule is CNC(C(=O)NCCN1C(C)CCCC1C)c1cnn(C)c1. The largest absolute Gasteiger partial charge is 0.353 e. The number of likely N-dealkylation sites (N-methyl/N-ethyl adjacent to an activating group) is 1. The fraction of sp³-hybridized carbons (Fsp3) is 0.750. The quantitative estimate of drug-likeness (QED) is 0.825. The smallest absolute Gasteiger partial charge is 0.241 e. The summed E-state index contributed by atoms with van der Waals surface area (Å²) in [6.07, 6.45) is 7.43. The van der Waals surface area contributed by atoms with E-state index in [4.69, 9.17) is 0 Å². The molecule has 124 valence electrons. The van der Waals surface area contributed by atoms with Gasteiger partial charge in [0.15, 0.2) is 0 Å². The highest BCUT2D eigenvalue weighted by atomic mass is 16.2. The molecular weight excluding hydrogens is 278 g/mol. The fourth-order valence-corrected chi connectivity index (χ4v) is 3.36. The molecule has 3 atom stereocenters. The Hall–Kier alpha value is -1.40. The van der Waals surface area contributed by atoms with Crippen LogP contribution in [0.1, 0.15) is 44.7 Å². The highest BCUT2D eigenvalue weighted by Crippen LogP contribution is 2.21. The van der Waals surface area contributed by atoms with Crippen molar-refractivity contribution in [1.29, 1.82) is 0 Å². The number of amides is 1. The van der Waals surface area contributed by atoms with E-state index in [1.165, 1.54) is 19.3 Å². The zero-order valence-corrected chi connectivity index (χ0v) is 14.2. The maximum absolute atomic E-state index is 12.4. The number of carbonyl (C=O) groups is 1. The predicted molar refractivity (Wildman–Crippen MR) is 87.5 cm³/mol. The summed E-state index contributed by atoms with van der Waals surface area (Å²) in [6.45, 7) is 6.16. The van der Waals surface area contributed by atoms with Gasteiger partial charge in [-0.1, -0.05) is 6.42 Å². The summed E-state index contributed by atoms with van der Waals surface area (Å²) < 4.78 is 1.71. The maximum atomic E-state index is 12.4. The molecule has 6 nitrogen and oxygen atoms in total. The Labute approximate surface area is 133 Å². The molecule has 1 fully saturated rings. The van der Waals surface area contributed by atoms with Crippen LogP contribution >= 0.6 is 0 Å². The minimum absolute atomic E-state index is 0.00724. The summed E-state index contributed by atoms with van der Waals surface area (Å²) in [6, 6.07) is 0.878. The summed E-state index contributed by atoms with van der Waals surface area (Å²) in [4.78, 5) is 14.9. The Kier molecular flexibility index (Phi) is 5.97. The van der Waals surface area contributed by atoms with Gasteiger partial charge in [0, 0.05) is 44.0 Å². The fourth-order valence-electron chi connectivity index (χ4n) is 3.36. The van der Waals surface area contributed by atoms with E-state index in [-0.39, 0.29) is 11.9 Å². The van der Waals surface area contributed by atoms with Crippen LogP contribution in [0.5, 0.6) is 0 Å². The molecule has 1 aliphatic heterocycles. The van der Waals surface area contributed by atoms with E-state index in [1.807, 2.05) is 13.2 Å². The first kappa shape index (κ1) is 17.0.